The van der Waals surface area contributed by atoms with E-state index in [1.807, 2.05) is 32.0 Å². The zero-order valence-electron chi connectivity index (χ0n) is 18.4. The van der Waals surface area contributed by atoms with E-state index in [2.05, 4.69) is 4.98 Å². The molecule has 0 unspecified atom stereocenters. The monoisotopic (exact) mass is 496 g/mol. The number of aromatic nitrogens is 3. The minimum atomic E-state index is -0.429. The molecule has 1 aliphatic heterocycles. The lowest BCUT2D eigenvalue weighted by Crippen LogP contribution is -2.24. The predicted molar refractivity (Wildman–Crippen MR) is 130 cm³/mol. The summed E-state index contributed by atoms with van der Waals surface area (Å²) in [5, 5.41) is 12.6. The average Bonchev–Trinajstić information content (AvgIpc) is 3.13. The van der Waals surface area contributed by atoms with Crippen molar-refractivity contribution in [3.63, 3.8) is 0 Å². The SMILES string of the molecule is Cc1sc2nc(SCc3cc([N+](=O)[O-])cc4c3OCOC4)n(Cc3ccccn3)c(=O)c2c1C. The Bertz CT molecular complexity index is 1470. The molecule has 11 heteroatoms. The smallest absolute Gasteiger partial charge is 0.270 e. The fraction of sp³-hybridized carbons (Fsp3) is 0.261. The lowest BCUT2D eigenvalue weighted by Gasteiger charge is -2.20. The molecule has 1 aliphatic rings. The molecule has 5 rings (SSSR count). The van der Waals surface area contributed by atoms with Crippen LogP contribution in [0.2, 0.25) is 0 Å². The second-order valence-corrected chi connectivity index (χ2v) is 9.97. The number of nitrogens with zero attached hydrogens (tertiary/aromatic N) is 4. The quantitative estimate of drug-likeness (QED) is 0.165. The first-order valence-corrected chi connectivity index (χ1v) is 12.3. The van der Waals surface area contributed by atoms with Crippen LogP contribution in [-0.4, -0.2) is 26.3 Å². The Hall–Kier alpha value is -3.28. The highest BCUT2D eigenvalue weighted by Crippen LogP contribution is 2.36. The van der Waals surface area contributed by atoms with Gasteiger partial charge in [0.15, 0.2) is 11.9 Å². The molecule has 0 radical (unpaired) electrons. The standard InChI is InChI=1S/C23H20N4O5S2/c1-13-14(2)34-21-19(13)22(28)26(9-17-5-3-4-6-24-17)23(25-21)33-11-16-8-18(27(29)30)7-15-10-31-12-32-20(15)16/h3-8H,9-12H2,1-2H3. The van der Waals surface area contributed by atoms with Crippen LogP contribution in [0.1, 0.15) is 27.3 Å². The summed E-state index contributed by atoms with van der Waals surface area (Å²) in [5.41, 5.74) is 2.83. The van der Waals surface area contributed by atoms with Gasteiger partial charge in [-0.1, -0.05) is 17.8 Å². The van der Waals surface area contributed by atoms with Gasteiger partial charge in [-0.3, -0.25) is 24.5 Å². The van der Waals surface area contributed by atoms with Crippen LogP contribution in [0, 0.1) is 24.0 Å². The van der Waals surface area contributed by atoms with Crippen molar-refractivity contribution >= 4 is 39.0 Å². The van der Waals surface area contributed by atoms with E-state index in [-0.39, 0.29) is 31.2 Å². The highest BCUT2D eigenvalue weighted by molar-refractivity contribution is 7.98. The van der Waals surface area contributed by atoms with Crippen molar-refractivity contribution in [2.45, 2.75) is 37.9 Å². The molecule has 174 valence electrons. The van der Waals surface area contributed by atoms with E-state index in [0.717, 1.165) is 16.1 Å². The van der Waals surface area contributed by atoms with E-state index >= 15 is 0 Å². The summed E-state index contributed by atoms with van der Waals surface area (Å²) >= 11 is 2.83. The van der Waals surface area contributed by atoms with Gasteiger partial charge in [0.05, 0.1) is 29.2 Å². The molecule has 4 heterocycles. The number of thioether (sulfide) groups is 1. The molecule has 4 aromatic rings. The topological polar surface area (TPSA) is 109 Å². The van der Waals surface area contributed by atoms with Gasteiger partial charge in [-0.15, -0.1) is 11.3 Å². The van der Waals surface area contributed by atoms with Gasteiger partial charge in [0.1, 0.15) is 10.6 Å². The second kappa shape index (κ2) is 9.16. The Morgan fingerprint density at radius 1 is 1.29 bits per heavy atom. The number of thiophene rings is 1. The van der Waals surface area contributed by atoms with Gasteiger partial charge in [-0.2, -0.15) is 0 Å². The van der Waals surface area contributed by atoms with Crippen LogP contribution >= 0.6 is 23.1 Å². The van der Waals surface area contributed by atoms with Crippen LogP contribution in [0.15, 0.2) is 46.5 Å². The molecule has 1 aromatic carbocycles. The summed E-state index contributed by atoms with van der Waals surface area (Å²) in [5.74, 6) is 0.930. The zero-order valence-corrected chi connectivity index (χ0v) is 20.1. The molecule has 0 saturated heterocycles. The number of nitro groups is 1. The molecular formula is C23H20N4O5S2. The zero-order chi connectivity index (χ0) is 23.8. The van der Waals surface area contributed by atoms with Crippen molar-refractivity contribution in [1.29, 1.82) is 0 Å². The Kier molecular flexibility index (Phi) is 6.07. The second-order valence-electron chi connectivity index (χ2n) is 7.82. The first-order chi connectivity index (χ1) is 16.4. The van der Waals surface area contributed by atoms with Gasteiger partial charge < -0.3 is 9.47 Å². The molecule has 9 nitrogen and oxygen atoms in total. The van der Waals surface area contributed by atoms with Crippen LogP contribution < -0.4 is 10.3 Å². The van der Waals surface area contributed by atoms with Gasteiger partial charge in [-0.05, 0) is 31.5 Å². The first kappa shape index (κ1) is 22.5. The Morgan fingerprint density at radius 2 is 2.15 bits per heavy atom. The molecule has 0 atom stereocenters. The van der Waals surface area contributed by atoms with Crippen molar-refractivity contribution in [2.75, 3.05) is 6.79 Å². The Balaban J connectivity index is 1.58. The molecule has 0 aliphatic carbocycles. The predicted octanol–water partition coefficient (Wildman–Crippen LogP) is 4.59. The van der Waals surface area contributed by atoms with E-state index in [1.165, 1.54) is 35.2 Å². The van der Waals surface area contributed by atoms with E-state index < -0.39 is 4.92 Å². The molecular weight excluding hydrogens is 476 g/mol. The summed E-state index contributed by atoms with van der Waals surface area (Å²) < 4.78 is 12.6. The molecule has 0 bridgehead atoms. The minimum Gasteiger partial charge on any atom is -0.467 e. The maximum Gasteiger partial charge on any atom is 0.270 e. The number of pyridine rings is 1. The largest absolute Gasteiger partial charge is 0.467 e. The lowest BCUT2D eigenvalue weighted by molar-refractivity contribution is -0.385. The number of hydrogen-bond donors (Lipinski definition) is 0. The van der Waals surface area contributed by atoms with Gasteiger partial charge >= 0.3 is 0 Å². The molecule has 3 aromatic heterocycles. The molecule has 0 amide bonds. The van der Waals surface area contributed by atoms with Crippen molar-refractivity contribution in [1.82, 2.24) is 14.5 Å². The number of fused-ring (bicyclic) bond motifs is 2. The lowest BCUT2D eigenvalue weighted by atomic mass is 10.1. The number of rotatable bonds is 6. The maximum atomic E-state index is 13.5. The molecule has 0 spiro atoms. The van der Waals surface area contributed by atoms with Crippen LogP contribution in [0.4, 0.5) is 5.69 Å². The first-order valence-electron chi connectivity index (χ1n) is 10.5. The van der Waals surface area contributed by atoms with Crippen LogP contribution in [-0.2, 0) is 23.6 Å². The minimum absolute atomic E-state index is 0.0257. The summed E-state index contributed by atoms with van der Waals surface area (Å²) in [6.45, 7) is 4.52. The Labute approximate surface area is 202 Å². The third-order valence-corrected chi connectivity index (χ3v) is 7.77. The fourth-order valence-corrected chi connectivity index (χ4v) is 5.88. The summed E-state index contributed by atoms with van der Waals surface area (Å²) in [4.78, 5) is 35.5. The molecule has 0 fully saturated rings. The normalized spacial score (nSPS) is 13.0. The van der Waals surface area contributed by atoms with Crippen LogP contribution in [0.25, 0.3) is 10.2 Å². The van der Waals surface area contributed by atoms with Crippen molar-refractivity contribution in [2.24, 2.45) is 0 Å². The molecule has 0 saturated carbocycles. The van der Waals surface area contributed by atoms with Gasteiger partial charge in [0, 0.05) is 40.1 Å². The fourth-order valence-electron chi connectivity index (χ4n) is 3.85. The van der Waals surface area contributed by atoms with Crippen molar-refractivity contribution in [3.05, 3.63) is 84.3 Å². The number of aryl methyl sites for hydroxylation is 2. The number of benzene rings is 1. The third kappa shape index (κ3) is 4.17. The number of nitro benzene ring substituents is 1. The van der Waals surface area contributed by atoms with Gasteiger partial charge in [-0.25, -0.2) is 4.98 Å². The van der Waals surface area contributed by atoms with E-state index in [1.54, 1.807) is 10.8 Å². The molecule has 34 heavy (non-hydrogen) atoms. The highest BCUT2D eigenvalue weighted by Gasteiger charge is 2.23. The average molecular weight is 497 g/mol. The highest BCUT2D eigenvalue weighted by atomic mass is 32.2. The van der Waals surface area contributed by atoms with Crippen LogP contribution in [0.5, 0.6) is 5.75 Å². The van der Waals surface area contributed by atoms with Crippen molar-refractivity contribution < 1.29 is 14.4 Å². The summed E-state index contributed by atoms with van der Waals surface area (Å²) in [7, 11) is 0. The van der Waals surface area contributed by atoms with Crippen molar-refractivity contribution in [3.8, 4) is 5.75 Å². The van der Waals surface area contributed by atoms with Gasteiger partial charge in [0.25, 0.3) is 11.2 Å². The summed E-state index contributed by atoms with van der Waals surface area (Å²) in [6.07, 6.45) is 1.69. The third-order valence-electron chi connectivity index (χ3n) is 5.64. The van der Waals surface area contributed by atoms with E-state index in [0.29, 0.717) is 38.0 Å². The van der Waals surface area contributed by atoms with E-state index in [4.69, 9.17) is 14.5 Å². The Morgan fingerprint density at radius 3 is 2.91 bits per heavy atom. The number of ether oxygens (including phenoxy) is 2. The summed E-state index contributed by atoms with van der Waals surface area (Å²) in [6, 6.07) is 8.55. The van der Waals surface area contributed by atoms with E-state index in [9.17, 15) is 14.9 Å². The maximum absolute atomic E-state index is 13.5. The van der Waals surface area contributed by atoms with Gasteiger partial charge in [0.2, 0.25) is 0 Å². The molecule has 0 N–H and O–H groups in total. The van der Waals surface area contributed by atoms with Crippen LogP contribution in [0.3, 0.4) is 0 Å². The number of non-ortho nitro benzene ring substituents is 1. The number of hydrogen-bond acceptors (Lipinski definition) is 9.